The van der Waals surface area contributed by atoms with Crippen LogP contribution in [0.4, 0.5) is 0 Å². The Balaban J connectivity index is 3.84. The molecule has 17 heavy (non-hydrogen) atoms. The van der Waals surface area contributed by atoms with Crippen molar-refractivity contribution in [3.8, 4) is 0 Å². The minimum Gasteiger partial charge on any atom is -0.238 e. The van der Waals surface area contributed by atoms with Crippen molar-refractivity contribution in [2.75, 3.05) is 6.54 Å². The van der Waals surface area contributed by atoms with E-state index in [0.29, 0.717) is 0 Å². The Bertz CT molecular complexity index is 206. The minimum atomic E-state index is 0.255. The number of hydrogen-bond acceptors (Lipinski definition) is 0. The highest BCUT2D eigenvalue weighted by molar-refractivity contribution is 5.15. The van der Waals surface area contributed by atoms with Gasteiger partial charge in [-0.3, -0.25) is 0 Å². The van der Waals surface area contributed by atoms with Crippen molar-refractivity contribution < 1.29 is 4.58 Å². The van der Waals surface area contributed by atoms with Crippen LogP contribution in [0.2, 0.25) is 0 Å². The van der Waals surface area contributed by atoms with Crippen LogP contribution < -0.4 is 0 Å². The van der Waals surface area contributed by atoms with Gasteiger partial charge in [0, 0.05) is 12.8 Å². The molecule has 0 spiro atoms. The SMILES string of the molecule is C=[N+](CCCC(CC)CCCC)C(C)(C)CC. The van der Waals surface area contributed by atoms with Gasteiger partial charge in [0.1, 0.15) is 13.3 Å². The van der Waals surface area contributed by atoms with E-state index in [-0.39, 0.29) is 5.54 Å². The zero-order chi connectivity index (χ0) is 13.3. The molecular weight excluding hydrogens is 206 g/mol. The highest BCUT2D eigenvalue weighted by Gasteiger charge is 2.25. The van der Waals surface area contributed by atoms with Crippen LogP contribution in [-0.2, 0) is 0 Å². The topological polar surface area (TPSA) is 3.01 Å². The molecule has 0 saturated heterocycles. The van der Waals surface area contributed by atoms with Crippen LogP contribution in [-0.4, -0.2) is 23.4 Å². The maximum atomic E-state index is 4.20. The van der Waals surface area contributed by atoms with Crippen molar-refractivity contribution in [1.82, 2.24) is 0 Å². The summed E-state index contributed by atoms with van der Waals surface area (Å²) in [4.78, 5) is 0. The molecule has 0 fully saturated rings. The zero-order valence-electron chi connectivity index (χ0n) is 12.9. The van der Waals surface area contributed by atoms with Gasteiger partial charge in [0.05, 0.1) is 0 Å². The second kappa shape index (κ2) is 8.72. The van der Waals surface area contributed by atoms with Gasteiger partial charge in [0.2, 0.25) is 0 Å². The van der Waals surface area contributed by atoms with Gasteiger partial charge in [-0.15, -0.1) is 0 Å². The van der Waals surface area contributed by atoms with E-state index >= 15 is 0 Å². The van der Waals surface area contributed by atoms with Crippen molar-refractivity contribution in [3.63, 3.8) is 0 Å². The summed E-state index contributed by atoms with van der Waals surface area (Å²) in [5.41, 5.74) is 0.255. The summed E-state index contributed by atoms with van der Waals surface area (Å²) >= 11 is 0. The molecule has 0 bridgehead atoms. The second-order valence-corrected chi connectivity index (χ2v) is 5.99. The number of nitrogens with zero attached hydrogens (tertiary/aromatic N) is 1. The van der Waals surface area contributed by atoms with Crippen LogP contribution in [0.25, 0.3) is 0 Å². The lowest BCUT2D eigenvalue weighted by Crippen LogP contribution is -2.35. The molecule has 1 nitrogen and oxygen atoms in total. The van der Waals surface area contributed by atoms with E-state index in [1.165, 1.54) is 44.9 Å². The minimum absolute atomic E-state index is 0.255. The molecule has 1 heteroatoms. The molecule has 0 aromatic rings. The lowest BCUT2D eigenvalue weighted by Gasteiger charge is -2.21. The van der Waals surface area contributed by atoms with Gasteiger partial charge >= 0.3 is 0 Å². The molecule has 0 aliphatic heterocycles. The monoisotopic (exact) mass is 240 g/mol. The fourth-order valence-electron chi connectivity index (χ4n) is 2.14. The summed E-state index contributed by atoms with van der Waals surface area (Å²) in [6.45, 7) is 16.8. The molecule has 0 amide bonds. The quantitative estimate of drug-likeness (QED) is 0.378. The van der Waals surface area contributed by atoms with Crippen LogP contribution in [0.15, 0.2) is 0 Å². The highest BCUT2D eigenvalue weighted by Crippen LogP contribution is 2.19. The number of rotatable bonds is 10. The van der Waals surface area contributed by atoms with E-state index in [1.807, 2.05) is 0 Å². The Hall–Kier alpha value is -0.330. The summed E-state index contributed by atoms with van der Waals surface area (Å²) in [6.07, 6.45) is 9.34. The molecule has 0 radical (unpaired) electrons. The van der Waals surface area contributed by atoms with E-state index in [4.69, 9.17) is 0 Å². The third-order valence-corrected chi connectivity index (χ3v) is 4.30. The maximum absolute atomic E-state index is 4.20. The molecule has 0 aromatic carbocycles. The molecule has 0 heterocycles. The average Bonchev–Trinajstić information content (AvgIpc) is 2.33. The second-order valence-electron chi connectivity index (χ2n) is 5.99. The van der Waals surface area contributed by atoms with Crippen molar-refractivity contribution in [3.05, 3.63) is 0 Å². The average molecular weight is 240 g/mol. The van der Waals surface area contributed by atoms with Crippen molar-refractivity contribution in [2.24, 2.45) is 5.92 Å². The van der Waals surface area contributed by atoms with Gasteiger partial charge in [-0.1, -0.05) is 46.5 Å². The smallest absolute Gasteiger partial charge is 0.156 e. The summed E-state index contributed by atoms with van der Waals surface area (Å²) in [7, 11) is 0. The number of hydrogen-bond donors (Lipinski definition) is 0. The third-order valence-electron chi connectivity index (χ3n) is 4.30. The fourth-order valence-corrected chi connectivity index (χ4v) is 2.14. The summed E-state index contributed by atoms with van der Waals surface area (Å²) in [6, 6.07) is 0. The molecule has 0 aliphatic rings. The highest BCUT2D eigenvalue weighted by atomic mass is 15.0. The predicted octanol–water partition coefficient (Wildman–Crippen LogP) is 4.88. The van der Waals surface area contributed by atoms with Crippen LogP contribution >= 0.6 is 0 Å². The number of unbranched alkanes of at least 4 members (excludes halogenated alkanes) is 1. The summed E-state index contributed by atoms with van der Waals surface area (Å²) in [5, 5.41) is 0. The van der Waals surface area contributed by atoms with Crippen LogP contribution in [0.5, 0.6) is 0 Å². The molecule has 1 atom stereocenters. The fraction of sp³-hybridized carbons (Fsp3) is 0.938. The molecular formula is C16H34N+. The van der Waals surface area contributed by atoms with Gasteiger partial charge < -0.3 is 0 Å². The van der Waals surface area contributed by atoms with Gasteiger partial charge in [-0.2, -0.15) is 0 Å². The first-order valence-electron chi connectivity index (χ1n) is 7.56. The van der Waals surface area contributed by atoms with E-state index in [1.54, 1.807) is 0 Å². The molecule has 1 unspecified atom stereocenters. The summed E-state index contributed by atoms with van der Waals surface area (Å²) in [5.74, 6) is 0.938. The Morgan fingerprint density at radius 2 is 1.65 bits per heavy atom. The van der Waals surface area contributed by atoms with Gasteiger partial charge in [-0.05, 0) is 26.2 Å². The molecule has 0 aromatic heterocycles. The third kappa shape index (κ3) is 6.85. The lowest BCUT2D eigenvalue weighted by molar-refractivity contribution is -0.594. The maximum Gasteiger partial charge on any atom is 0.156 e. The largest absolute Gasteiger partial charge is 0.238 e. The Morgan fingerprint density at radius 1 is 1.06 bits per heavy atom. The van der Waals surface area contributed by atoms with Crippen molar-refractivity contribution in [1.29, 1.82) is 0 Å². The molecule has 0 aliphatic carbocycles. The normalized spacial score (nSPS) is 13.7. The van der Waals surface area contributed by atoms with Crippen molar-refractivity contribution in [2.45, 2.75) is 85.1 Å². The predicted molar refractivity (Wildman–Crippen MR) is 79.2 cm³/mol. The molecule has 0 N–H and O–H groups in total. The van der Waals surface area contributed by atoms with Gasteiger partial charge in [0.15, 0.2) is 5.54 Å². The zero-order valence-corrected chi connectivity index (χ0v) is 12.9. The van der Waals surface area contributed by atoms with Crippen LogP contribution in [0.1, 0.15) is 79.6 Å². The van der Waals surface area contributed by atoms with Gasteiger partial charge in [0.25, 0.3) is 0 Å². The van der Waals surface area contributed by atoms with E-state index in [9.17, 15) is 0 Å². The standard InChI is InChI=1S/C16H34N/c1-7-10-12-15(8-2)13-11-14-17(6)16(4,5)9-3/h15H,6-14H2,1-5H3/q+1. The van der Waals surface area contributed by atoms with Crippen LogP contribution in [0, 0.1) is 5.92 Å². The Labute approximate surface area is 109 Å². The van der Waals surface area contributed by atoms with Crippen molar-refractivity contribution >= 4 is 6.72 Å². The lowest BCUT2D eigenvalue weighted by atomic mass is 9.94. The molecule has 0 saturated carbocycles. The summed E-state index contributed by atoms with van der Waals surface area (Å²) < 4.78 is 2.28. The first-order valence-corrected chi connectivity index (χ1v) is 7.56. The van der Waals surface area contributed by atoms with Crippen LogP contribution in [0.3, 0.4) is 0 Å². The van der Waals surface area contributed by atoms with E-state index in [0.717, 1.165) is 12.5 Å². The van der Waals surface area contributed by atoms with E-state index in [2.05, 4.69) is 45.9 Å². The Kier molecular flexibility index (Phi) is 8.55. The van der Waals surface area contributed by atoms with Gasteiger partial charge in [-0.25, -0.2) is 4.58 Å². The molecule has 0 rings (SSSR count). The Morgan fingerprint density at radius 3 is 2.12 bits per heavy atom. The first kappa shape index (κ1) is 16.7. The first-order chi connectivity index (χ1) is 7.97. The van der Waals surface area contributed by atoms with E-state index < -0.39 is 0 Å². The molecule has 102 valence electrons.